The average molecular weight is 388 g/mol. The number of rotatable bonds is 6. The highest BCUT2D eigenvalue weighted by atomic mass is 32.1. The van der Waals surface area contributed by atoms with Gasteiger partial charge in [0.15, 0.2) is 5.13 Å². The third-order valence-electron chi connectivity index (χ3n) is 6.42. The third kappa shape index (κ3) is 3.77. The highest BCUT2D eigenvalue weighted by Crippen LogP contribution is 2.46. The van der Waals surface area contributed by atoms with Crippen molar-refractivity contribution in [2.45, 2.75) is 75.8 Å². The molecule has 1 aromatic heterocycles. The normalized spacial score (nSPS) is 23.3. The summed E-state index contributed by atoms with van der Waals surface area (Å²) in [4.78, 5) is 5.00. The van der Waals surface area contributed by atoms with E-state index in [0.29, 0.717) is 12.1 Å². The van der Waals surface area contributed by atoms with Gasteiger partial charge in [-0.1, -0.05) is 44.4 Å². The molecular weight excluding hydrogens is 357 g/mol. The van der Waals surface area contributed by atoms with Crippen LogP contribution in [0, 0.1) is 5.82 Å². The first-order chi connectivity index (χ1) is 13.2. The minimum absolute atomic E-state index is 0.0940. The van der Waals surface area contributed by atoms with Crippen LogP contribution in [0.25, 0.3) is 0 Å². The van der Waals surface area contributed by atoms with Gasteiger partial charge in [-0.25, -0.2) is 9.37 Å². The molecule has 2 aromatic rings. The molecule has 2 unspecified atom stereocenters. The molecule has 1 aliphatic heterocycles. The zero-order valence-electron chi connectivity index (χ0n) is 16.1. The summed E-state index contributed by atoms with van der Waals surface area (Å²) >= 11 is 1.67. The van der Waals surface area contributed by atoms with E-state index in [-0.39, 0.29) is 11.2 Å². The second kappa shape index (κ2) is 8.27. The molecule has 1 aromatic carbocycles. The quantitative estimate of drug-likeness (QED) is 0.690. The Balaban J connectivity index is 1.61. The molecule has 0 spiro atoms. The van der Waals surface area contributed by atoms with Crippen LogP contribution in [0.3, 0.4) is 0 Å². The first-order valence-electron chi connectivity index (χ1n) is 10.4. The minimum atomic E-state index is -0.270. The maximum atomic E-state index is 14.7. The van der Waals surface area contributed by atoms with Crippen LogP contribution in [0.1, 0.15) is 69.5 Å². The maximum absolute atomic E-state index is 14.7. The van der Waals surface area contributed by atoms with Crippen molar-refractivity contribution in [3.05, 3.63) is 46.7 Å². The van der Waals surface area contributed by atoms with Crippen LogP contribution >= 0.6 is 11.3 Å². The smallest absolute Gasteiger partial charge is 0.183 e. The Hall–Kier alpha value is -1.46. The summed E-state index contributed by atoms with van der Waals surface area (Å²) in [5, 5.41) is 10.4. The molecule has 2 fully saturated rings. The number of aromatic nitrogens is 1. The van der Waals surface area contributed by atoms with Crippen LogP contribution in [0.5, 0.6) is 0 Å². The molecule has 1 aliphatic carbocycles. The molecule has 3 nitrogen and oxygen atoms in total. The van der Waals surface area contributed by atoms with E-state index in [2.05, 4.69) is 22.9 Å². The van der Waals surface area contributed by atoms with Crippen molar-refractivity contribution >= 4 is 16.5 Å². The van der Waals surface area contributed by atoms with Crippen LogP contribution in [-0.2, 0) is 5.41 Å². The number of thiazole rings is 1. The molecule has 2 aliphatic rings. The second-order valence-electron chi connectivity index (χ2n) is 8.02. The monoisotopic (exact) mass is 387 g/mol. The molecule has 0 radical (unpaired) electrons. The van der Waals surface area contributed by atoms with Gasteiger partial charge >= 0.3 is 0 Å². The van der Waals surface area contributed by atoms with E-state index in [4.69, 9.17) is 4.98 Å². The zero-order chi connectivity index (χ0) is 18.7. The summed E-state index contributed by atoms with van der Waals surface area (Å²) in [5.74, 6) is -0.0940. The van der Waals surface area contributed by atoms with Crippen molar-refractivity contribution in [1.29, 1.82) is 0 Å². The Labute approximate surface area is 165 Å². The highest BCUT2D eigenvalue weighted by Gasteiger charge is 2.39. The van der Waals surface area contributed by atoms with Gasteiger partial charge in [-0.15, -0.1) is 11.3 Å². The van der Waals surface area contributed by atoms with Crippen molar-refractivity contribution in [3.63, 3.8) is 0 Å². The molecule has 2 N–H and O–H groups in total. The zero-order valence-corrected chi connectivity index (χ0v) is 17.0. The first kappa shape index (κ1) is 18.9. The summed E-state index contributed by atoms with van der Waals surface area (Å²) in [6, 6.07) is 8.23. The lowest BCUT2D eigenvalue weighted by atomic mass is 9.67. The van der Waals surface area contributed by atoms with E-state index < -0.39 is 0 Å². The van der Waals surface area contributed by atoms with E-state index in [0.717, 1.165) is 55.0 Å². The fourth-order valence-electron chi connectivity index (χ4n) is 4.93. The standard InChI is InChI=1S/C22H30FN3S/c1-2-18(19-11-8-14-24-19)25-21-26-20(15-27-21)22(12-6-3-7-13-22)16-9-4-5-10-17(16)23/h4-5,9-10,15,18-19,24H,2-3,6-8,11-14H2,1H3,(H,25,26). The first-order valence-corrected chi connectivity index (χ1v) is 11.3. The molecule has 4 rings (SSSR count). The largest absolute Gasteiger partial charge is 0.357 e. The lowest BCUT2D eigenvalue weighted by Gasteiger charge is -2.36. The Morgan fingerprint density at radius 2 is 2.07 bits per heavy atom. The fraction of sp³-hybridized carbons (Fsp3) is 0.591. The molecular formula is C22H30FN3S. The summed E-state index contributed by atoms with van der Waals surface area (Å²) in [6.07, 6.45) is 9.03. The van der Waals surface area contributed by atoms with Crippen molar-refractivity contribution in [1.82, 2.24) is 10.3 Å². The lowest BCUT2D eigenvalue weighted by Crippen LogP contribution is -2.39. The SMILES string of the molecule is CCC(Nc1nc(C2(c3ccccc3F)CCCCC2)cs1)C1CCCN1. The number of nitrogens with zero attached hydrogens (tertiary/aromatic N) is 1. The number of anilines is 1. The Kier molecular flexibility index (Phi) is 5.79. The molecule has 5 heteroatoms. The summed E-state index contributed by atoms with van der Waals surface area (Å²) < 4.78 is 14.7. The number of hydrogen-bond donors (Lipinski definition) is 2. The van der Waals surface area contributed by atoms with Gasteiger partial charge in [0.05, 0.1) is 5.69 Å². The second-order valence-corrected chi connectivity index (χ2v) is 8.88. The molecule has 0 bridgehead atoms. The molecule has 2 heterocycles. The molecule has 146 valence electrons. The van der Waals surface area contributed by atoms with Crippen LogP contribution < -0.4 is 10.6 Å². The van der Waals surface area contributed by atoms with Crippen molar-refractivity contribution in [2.75, 3.05) is 11.9 Å². The van der Waals surface area contributed by atoms with E-state index in [1.165, 1.54) is 19.3 Å². The van der Waals surface area contributed by atoms with Gasteiger partial charge < -0.3 is 10.6 Å². The van der Waals surface area contributed by atoms with Gasteiger partial charge in [-0.3, -0.25) is 0 Å². The Morgan fingerprint density at radius 1 is 1.26 bits per heavy atom. The van der Waals surface area contributed by atoms with Crippen molar-refractivity contribution in [2.24, 2.45) is 0 Å². The summed E-state index contributed by atoms with van der Waals surface area (Å²) in [5.41, 5.74) is 1.60. The highest BCUT2D eigenvalue weighted by molar-refractivity contribution is 7.13. The van der Waals surface area contributed by atoms with Crippen molar-refractivity contribution < 1.29 is 4.39 Å². The molecule has 1 saturated heterocycles. The van der Waals surface area contributed by atoms with E-state index >= 15 is 0 Å². The molecule has 27 heavy (non-hydrogen) atoms. The third-order valence-corrected chi connectivity index (χ3v) is 7.20. The molecule has 0 amide bonds. The number of hydrogen-bond acceptors (Lipinski definition) is 4. The molecule has 1 saturated carbocycles. The fourth-order valence-corrected chi connectivity index (χ4v) is 5.80. The Morgan fingerprint density at radius 3 is 2.78 bits per heavy atom. The predicted molar refractivity (Wildman–Crippen MR) is 111 cm³/mol. The van der Waals surface area contributed by atoms with E-state index in [1.807, 2.05) is 12.1 Å². The van der Waals surface area contributed by atoms with E-state index in [9.17, 15) is 4.39 Å². The lowest BCUT2D eigenvalue weighted by molar-refractivity contribution is 0.329. The van der Waals surface area contributed by atoms with Gasteiger partial charge in [0.1, 0.15) is 5.82 Å². The minimum Gasteiger partial charge on any atom is -0.357 e. The predicted octanol–water partition coefficient (Wildman–Crippen LogP) is 5.47. The summed E-state index contributed by atoms with van der Waals surface area (Å²) in [7, 11) is 0. The van der Waals surface area contributed by atoms with Crippen LogP contribution in [0.15, 0.2) is 29.6 Å². The number of halogens is 1. The van der Waals surface area contributed by atoms with Gasteiger partial charge in [-0.2, -0.15) is 0 Å². The van der Waals surface area contributed by atoms with E-state index in [1.54, 1.807) is 23.5 Å². The Bertz CT molecular complexity index is 748. The van der Waals surface area contributed by atoms with Gasteiger partial charge in [-0.05, 0) is 50.3 Å². The topological polar surface area (TPSA) is 37.0 Å². The molecule has 2 atom stereocenters. The van der Waals surface area contributed by atoms with Gasteiger partial charge in [0.2, 0.25) is 0 Å². The van der Waals surface area contributed by atoms with Crippen LogP contribution in [-0.4, -0.2) is 23.6 Å². The average Bonchev–Trinajstić information content (AvgIpc) is 3.39. The maximum Gasteiger partial charge on any atom is 0.183 e. The van der Waals surface area contributed by atoms with Crippen LogP contribution in [0.4, 0.5) is 9.52 Å². The van der Waals surface area contributed by atoms with Crippen molar-refractivity contribution in [3.8, 4) is 0 Å². The van der Waals surface area contributed by atoms with Crippen LogP contribution in [0.2, 0.25) is 0 Å². The number of nitrogens with one attached hydrogen (secondary N) is 2. The summed E-state index contributed by atoms with van der Waals surface area (Å²) in [6.45, 7) is 3.34. The van der Waals surface area contributed by atoms with Gasteiger partial charge in [0.25, 0.3) is 0 Å². The number of benzene rings is 1. The van der Waals surface area contributed by atoms with Gasteiger partial charge in [0, 0.05) is 22.9 Å².